The summed E-state index contributed by atoms with van der Waals surface area (Å²) < 4.78 is 0. The molecule has 8 heavy (non-hydrogen) atoms. The Labute approximate surface area is 50.2 Å². The van der Waals surface area contributed by atoms with Crippen molar-refractivity contribution in [1.82, 2.24) is 0 Å². The summed E-state index contributed by atoms with van der Waals surface area (Å²) in [5, 5.41) is 20.8. The zero-order valence-electron chi connectivity index (χ0n) is 5.39. The van der Waals surface area contributed by atoms with E-state index < -0.39 is 12.2 Å². The Morgan fingerprint density at radius 3 is 2.00 bits per heavy atom. The molecule has 2 atom stereocenters. The Bertz CT molecular complexity index is 52.5. The average Bonchev–Trinajstić information content (AvgIpc) is 1.67. The van der Waals surface area contributed by atoms with Crippen molar-refractivity contribution in [3.8, 4) is 0 Å². The first-order chi connectivity index (χ1) is 3.68. The molecule has 0 heterocycles. The first-order valence-electron chi connectivity index (χ1n) is 3.00. The molecule has 2 nitrogen and oxygen atoms in total. The van der Waals surface area contributed by atoms with Gasteiger partial charge < -0.3 is 0 Å². The van der Waals surface area contributed by atoms with E-state index in [9.17, 15) is 10.2 Å². The van der Waals surface area contributed by atoms with Crippen molar-refractivity contribution in [3.05, 3.63) is 0 Å². The lowest BCUT2D eigenvalue weighted by Crippen LogP contribution is -2.18. The van der Waals surface area contributed by atoms with E-state index in [1.54, 1.807) is 0 Å². The van der Waals surface area contributed by atoms with Gasteiger partial charge >= 0.3 is 0 Å². The fourth-order valence-electron chi connectivity index (χ4n) is 0.519. The third-order valence-electron chi connectivity index (χ3n) is 1.10. The predicted molar refractivity (Wildman–Crippen MR) is 29.5 cm³/mol. The highest BCUT2D eigenvalue weighted by atomic mass is 16.3. The molecule has 0 aliphatic rings. The molecule has 0 aliphatic heterocycles. The zero-order valence-corrected chi connectivity index (χ0v) is 5.39. The fraction of sp³-hybridized carbons (Fsp3) is 1.00. The van der Waals surface area contributed by atoms with Crippen LogP contribution in [0.5, 0.6) is 0 Å². The minimum atomic E-state index is -0.935. The number of hydrogen-bond acceptors (Lipinski definition) is 0. The van der Waals surface area contributed by atoms with Crippen LogP contribution in [0.2, 0.25) is 0 Å². The Balaban J connectivity index is 3.17. The van der Waals surface area contributed by atoms with E-state index in [0.29, 0.717) is 6.42 Å². The van der Waals surface area contributed by atoms with E-state index in [2.05, 4.69) is 0 Å². The van der Waals surface area contributed by atoms with Gasteiger partial charge in [0.25, 0.3) is 0 Å². The average molecular weight is 116 g/mol. The molecule has 0 aromatic carbocycles. The van der Waals surface area contributed by atoms with Gasteiger partial charge in [-0.15, -0.1) is 0 Å². The van der Waals surface area contributed by atoms with Crippen LogP contribution in [0.3, 0.4) is 0 Å². The van der Waals surface area contributed by atoms with E-state index in [-0.39, 0.29) is 0 Å². The highest BCUT2D eigenvalue weighted by molar-refractivity contribution is 4.58. The molecule has 2 unspecified atom stereocenters. The third-order valence-corrected chi connectivity index (χ3v) is 1.10. The Morgan fingerprint density at radius 1 is 1.38 bits per heavy atom. The molecule has 0 bridgehead atoms. The van der Waals surface area contributed by atoms with Gasteiger partial charge in [-0.2, -0.15) is 0 Å². The maximum atomic E-state index is 10.5. The summed E-state index contributed by atoms with van der Waals surface area (Å²) in [6.07, 6.45) is -0.485. The minimum absolute atomic E-state index is 0.519. The second-order valence-electron chi connectivity index (χ2n) is 2.03. The normalized spacial score (nSPS) is 18.0. The highest BCUT2D eigenvalue weighted by Gasteiger charge is 2.11. The van der Waals surface area contributed by atoms with Crippen LogP contribution < -0.4 is 0 Å². The van der Waals surface area contributed by atoms with Gasteiger partial charge in [0, 0.05) is 0 Å². The summed E-state index contributed by atoms with van der Waals surface area (Å²) in [6, 6.07) is 0. The van der Waals surface area contributed by atoms with Crippen LogP contribution >= 0.6 is 0 Å². The summed E-state index contributed by atoms with van der Waals surface area (Å²) in [5.74, 6) is 0. The Morgan fingerprint density at radius 2 is 1.88 bits per heavy atom. The Hall–Kier alpha value is -0.0800. The molecule has 0 saturated carbocycles. The molecule has 0 aromatic heterocycles. The number of hydrogen-bond donors (Lipinski definition) is 0. The number of rotatable bonds is 3. The quantitative estimate of drug-likeness (QED) is 0.534. The maximum Gasteiger partial charge on any atom is 0.122 e. The van der Waals surface area contributed by atoms with Crippen LogP contribution in [0.25, 0.3) is 0 Å². The lowest BCUT2D eigenvalue weighted by Gasteiger charge is -2.05. The summed E-state index contributed by atoms with van der Waals surface area (Å²) in [5.41, 5.74) is 0. The van der Waals surface area contributed by atoms with Gasteiger partial charge in [0.05, 0.1) is 0 Å². The molecule has 2 heteroatoms. The first-order valence-corrected chi connectivity index (χ1v) is 3.00. The van der Waals surface area contributed by atoms with Crippen LogP contribution in [0.15, 0.2) is 0 Å². The van der Waals surface area contributed by atoms with Crippen molar-refractivity contribution < 1.29 is 10.2 Å². The third kappa shape index (κ3) is 2.99. The molecule has 0 spiro atoms. The molecule has 0 saturated heterocycles. The Kier molecular flexibility index (Phi) is 3.83. The van der Waals surface area contributed by atoms with E-state index in [1.807, 2.05) is 6.92 Å². The molecule has 48 valence electrons. The monoisotopic (exact) mass is 116 g/mol. The largest absolute Gasteiger partial charge is 0.230 e. The van der Waals surface area contributed by atoms with Crippen LogP contribution in [0, 0.1) is 0 Å². The SMILES string of the molecule is CCCC([O])C(C)[O]. The maximum absolute atomic E-state index is 10.5. The van der Waals surface area contributed by atoms with Gasteiger partial charge in [0.2, 0.25) is 0 Å². The van der Waals surface area contributed by atoms with Crippen LogP contribution in [0.1, 0.15) is 26.7 Å². The lowest BCUT2D eigenvalue weighted by molar-refractivity contribution is -0.0536. The summed E-state index contributed by atoms with van der Waals surface area (Å²) in [6.45, 7) is 3.33. The zero-order chi connectivity index (χ0) is 6.57. The lowest BCUT2D eigenvalue weighted by atomic mass is 10.1. The second kappa shape index (κ2) is 3.87. The van der Waals surface area contributed by atoms with Crippen molar-refractivity contribution >= 4 is 0 Å². The predicted octanol–water partition coefficient (Wildman–Crippen LogP) is 1.40. The van der Waals surface area contributed by atoms with Gasteiger partial charge in [0.15, 0.2) is 0 Å². The first kappa shape index (κ1) is 7.92. The van der Waals surface area contributed by atoms with Gasteiger partial charge in [-0.25, -0.2) is 10.2 Å². The van der Waals surface area contributed by atoms with E-state index in [1.165, 1.54) is 6.92 Å². The highest BCUT2D eigenvalue weighted by Crippen LogP contribution is 2.01. The van der Waals surface area contributed by atoms with Crippen molar-refractivity contribution in [3.63, 3.8) is 0 Å². The van der Waals surface area contributed by atoms with Crippen molar-refractivity contribution in [2.24, 2.45) is 0 Å². The molecule has 0 amide bonds. The standard InChI is InChI=1S/C6H12O2/c1-3-4-6(8)5(2)7/h5-6H,3-4H2,1-2H3. The van der Waals surface area contributed by atoms with E-state index in [4.69, 9.17) is 0 Å². The second-order valence-corrected chi connectivity index (χ2v) is 2.03. The van der Waals surface area contributed by atoms with Gasteiger partial charge in [-0.05, 0) is 13.3 Å². The van der Waals surface area contributed by atoms with Crippen LogP contribution in [-0.2, 0) is 10.2 Å². The van der Waals surface area contributed by atoms with Crippen molar-refractivity contribution in [2.75, 3.05) is 0 Å². The molecule has 0 fully saturated rings. The topological polar surface area (TPSA) is 39.8 Å². The molecule has 2 radical (unpaired) electrons. The summed E-state index contributed by atoms with van der Waals surface area (Å²) in [7, 11) is 0. The van der Waals surface area contributed by atoms with E-state index in [0.717, 1.165) is 6.42 Å². The van der Waals surface area contributed by atoms with Crippen molar-refractivity contribution in [1.29, 1.82) is 0 Å². The van der Waals surface area contributed by atoms with E-state index >= 15 is 0 Å². The smallest absolute Gasteiger partial charge is 0.122 e. The molecule has 0 aliphatic carbocycles. The van der Waals surface area contributed by atoms with Crippen molar-refractivity contribution in [2.45, 2.75) is 38.9 Å². The van der Waals surface area contributed by atoms with Gasteiger partial charge in [0.1, 0.15) is 12.2 Å². The van der Waals surface area contributed by atoms with Gasteiger partial charge in [-0.1, -0.05) is 13.3 Å². The van der Waals surface area contributed by atoms with Crippen LogP contribution in [0.4, 0.5) is 0 Å². The molecular weight excluding hydrogens is 104 g/mol. The van der Waals surface area contributed by atoms with Gasteiger partial charge in [-0.3, -0.25) is 0 Å². The molecule has 0 N–H and O–H groups in total. The molecule has 0 rings (SSSR count). The molecule has 0 aromatic rings. The molecular formula is C6H12O2. The minimum Gasteiger partial charge on any atom is -0.230 e. The summed E-state index contributed by atoms with van der Waals surface area (Å²) in [4.78, 5) is 0. The fourth-order valence-corrected chi connectivity index (χ4v) is 0.519. The summed E-state index contributed by atoms with van der Waals surface area (Å²) >= 11 is 0. The van der Waals surface area contributed by atoms with Crippen LogP contribution in [-0.4, -0.2) is 12.2 Å².